The number of ether oxygens (including phenoxy) is 1. The van der Waals surface area contributed by atoms with Crippen molar-refractivity contribution in [2.75, 3.05) is 31.6 Å². The van der Waals surface area contributed by atoms with Gasteiger partial charge in [0, 0.05) is 24.8 Å². The first-order valence-corrected chi connectivity index (χ1v) is 7.43. The van der Waals surface area contributed by atoms with E-state index in [0.29, 0.717) is 19.7 Å². The minimum atomic E-state index is -0.0186. The van der Waals surface area contributed by atoms with Crippen LogP contribution < -0.4 is 11.1 Å². The largest absolute Gasteiger partial charge is 0.374 e. The fraction of sp³-hybridized carbons (Fsp3) is 0.562. The normalized spacial score (nSPS) is 21.0. The van der Waals surface area contributed by atoms with Crippen LogP contribution >= 0.6 is 0 Å². The lowest BCUT2D eigenvalue weighted by Crippen LogP contribution is -2.51. The second-order valence-corrected chi connectivity index (χ2v) is 5.80. The first kappa shape index (κ1) is 15.9. The zero-order valence-corrected chi connectivity index (χ0v) is 13.1. The van der Waals surface area contributed by atoms with Gasteiger partial charge in [-0.15, -0.1) is 0 Å². The van der Waals surface area contributed by atoms with Gasteiger partial charge in [0.2, 0.25) is 5.91 Å². The molecule has 5 heteroatoms. The number of nitrogens with zero attached hydrogens (tertiary/aromatic N) is 1. The van der Waals surface area contributed by atoms with Gasteiger partial charge in [0.05, 0.1) is 19.3 Å². The van der Waals surface area contributed by atoms with Crippen molar-refractivity contribution in [2.45, 2.75) is 32.9 Å². The van der Waals surface area contributed by atoms with E-state index in [1.807, 2.05) is 39.0 Å². The van der Waals surface area contributed by atoms with Gasteiger partial charge in [0.25, 0.3) is 0 Å². The molecule has 1 aromatic carbocycles. The number of hydrogen-bond donors (Lipinski definition) is 2. The van der Waals surface area contributed by atoms with Gasteiger partial charge in [-0.3, -0.25) is 9.69 Å². The van der Waals surface area contributed by atoms with Gasteiger partial charge in [0.1, 0.15) is 0 Å². The molecule has 0 bridgehead atoms. The summed E-state index contributed by atoms with van der Waals surface area (Å²) in [6.45, 7) is 8.47. The minimum Gasteiger partial charge on any atom is -0.374 e. The molecule has 1 fully saturated rings. The molecule has 0 radical (unpaired) electrons. The van der Waals surface area contributed by atoms with Gasteiger partial charge >= 0.3 is 0 Å². The molecule has 116 valence electrons. The molecule has 0 spiro atoms. The van der Waals surface area contributed by atoms with Gasteiger partial charge in [-0.1, -0.05) is 12.1 Å². The summed E-state index contributed by atoms with van der Waals surface area (Å²) in [6.07, 6.45) is 0.00672. The van der Waals surface area contributed by atoms with Crippen LogP contribution in [0.2, 0.25) is 0 Å². The molecule has 1 saturated heterocycles. The van der Waals surface area contributed by atoms with E-state index in [1.165, 1.54) is 5.56 Å². The quantitative estimate of drug-likeness (QED) is 0.877. The van der Waals surface area contributed by atoms with E-state index in [4.69, 9.17) is 10.5 Å². The van der Waals surface area contributed by atoms with Crippen LogP contribution in [0.5, 0.6) is 0 Å². The van der Waals surface area contributed by atoms with Gasteiger partial charge < -0.3 is 15.8 Å². The second kappa shape index (κ2) is 7.02. The number of anilines is 1. The SMILES string of the molecule is Cc1cccc(NC(=O)CN2CCOC(C(C)N)C2)c1C. The zero-order valence-electron chi connectivity index (χ0n) is 13.1. The average molecular weight is 291 g/mol. The molecule has 3 N–H and O–H groups in total. The zero-order chi connectivity index (χ0) is 15.4. The summed E-state index contributed by atoms with van der Waals surface area (Å²) >= 11 is 0. The third-order valence-electron chi connectivity index (χ3n) is 4.01. The third-order valence-corrected chi connectivity index (χ3v) is 4.01. The number of morpholine rings is 1. The highest BCUT2D eigenvalue weighted by Gasteiger charge is 2.24. The van der Waals surface area contributed by atoms with Crippen molar-refractivity contribution < 1.29 is 9.53 Å². The Morgan fingerprint density at radius 1 is 1.52 bits per heavy atom. The summed E-state index contributed by atoms with van der Waals surface area (Å²) < 4.78 is 5.61. The molecule has 2 atom stereocenters. The van der Waals surface area contributed by atoms with E-state index in [-0.39, 0.29) is 18.1 Å². The standard InChI is InChI=1S/C16H25N3O2/c1-11-5-4-6-14(12(11)2)18-16(20)10-19-7-8-21-15(9-19)13(3)17/h4-6,13,15H,7-10,17H2,1-3H3,(H,18,20). The van der Waals surface area contributed by atoms with Crippen molar-refractivity contribution in [1.29, 1.82) is 0 Å². The van der Waals surface area contributed by atoms with Crippen molar-refractivity contribution in [1.82, 2.24) is 4.90 Å². The van der Waals surface area contributed by atoms with E-state index in [0.717, 1.165) is 17.8 Å². The molecular weight excluding hydrogens is 266 g/mol. The smallest absolute Gasteiger partial charge is 0.238 e. The molecular formula is C16H25N3O2. The Balaban J connectivity index is 1.91. The van der Waals surface area contributed by atoms with E-state index >= 15 is 0 Å². The van der Waals surface area contributed by atoms with Crippen LogP contribution in [-0.4, -0.2) is 49.2 Å². The molecule has 2 rings (SSSR count). The highest BCUT2D eigenvalue weighted by molar-refractivity contribution is 5.93. The van der Waals surface area contributed by atoms with Crippen LogP contribution in [0.3, 0.4) is 0 Å². The number of benzene rings is 1. The van der Waals surface area contributed by atoms with E-state index in [9.17, 15) is 4.79 Å². The number of nitrogens with two attached hydrogens (primary N) is 1. The molecule has 0 saturated carbocycles. The molecule has 5 nitrogen and oxygen atoms in total. The number of amides is 1. The Morgan fingerprint density at radius 3 is 3.00 bits per heavy atom. The van der Waals surface area contributed by atoms with Crippen molar-refractivity contribution in [3.63, 3.8) is 0 Å². The van der Waals surface area contributed by atoms with E-state index in [1.54, 1.807) is 0 Å². The fourth-order valence-electron chi connectivity index (χ4n) is 2.47. The number of hydrogen-bond acceptors (Lipinski definition) is 4. The number of carbonyl (C=O) groups is 1. The minimum absolute atomic E-state index is 0.00672. The summed E-state index contributed by atoms with van der Waals surface area (Å²) in [5.41, 5.74) is 9.04. The predicted molar refractivity (Wildman–Crippen MR) is 84.4 cm³/mol. The first-order valence-electron chi connectivity index (χ1n) is 7.43. The van der Waals surface area contributed by atoms with Gasteiger partial charge in [-0.05, 0) is 38.0 Å². The monoisotopic (exact) mass is 291 g/mol. The maximum absolute atomic E-state index is 12.2. The average Bonchev–Trinajstić information content (AvgIpc) is 2.44. The van der Waals surface area contributed by atoms with Crippen molar-refractivity contribution in [2.24, 2.45) is 5.73 Å². The predicted octanol–water partition coefficient (Wildman–Crippen LogP) is 1.29. The molecule has 2 unspecified atom stereocenters. The van der Waals surface area contributed by atoms with Crippen LogP contribution in [0.15, 0.2) is 18.2 Å². The lowest BCUT2D eigenvalue weighted by molar-refractivity contribution is -0.119. The topological polar surface area (TPSA) is 67.6 Å². The first-order chi connectivity index (χ1) is 9.97. The van der Waals surface area contributed by atoms with E-state index < -0.39 is 0 Å². The molecule has 1 amide bonds. The lowest BCUT2D eigenvalue weighted by Gasteiger charge is -2.34. The Hall–Kier alpha value is -1.43. The van der Waals surface area contributed by atoms with Crippen molar-refractivity contribution >= 4 is 11.6 Å². The molecule has 0 aliphatic carbocycles. The summed E-state index contributed by atoms with van der Waals surface area (Å²) in [5, 5.41) is 2.99. The van der Waals surface area contributed by atoms with Crippen LogP contribution in [0, 0.1) is 13.8 Å². The third kappa shape index (κ3) is 4.27. The van der Waals surface area contributed by atoms with Crippen LogP contribution in [0.25, 0.3) is 0 Å². The molecule has 1 aromatic rings. The maximum Gasteiger partial charge on any atom is 0.238 e. The fourth-order valence-corrected chi connectivity index (χ4v) is 2.47. The molecule has 21 heavy (non-hydrogen) atoms. The van der Waals surface area contributed by atoms with Gasteiger partial charge in [-0.2, -0.15) is 0 Å². The summed E-state index contributed by atoms with van der Waals surface area (Å²) in [4.78, 5) is 14.3. The molecule has 1 aliphatic rings. The van der Waals surface area contributed by atoms with Gasteiger partial charge in [-0.25, -0.2) is 0 Å². The summed E-state index contributed by atoms with van der Waals surface area (Å²) in [6, 6.07) is 5.92. The van der Waals surface area contributed by atoms with Crippen molar-refractivity contribution in [3.05, 3.63) is 29.3 Å². The lowest BCUT2D eigenvalue weighted by atomic mass is 10.1. The van der Waals surface area contributed by atoms with Crippen LogP contribution in [0.1, 0.15) is 18.1 Å². The van der Waals surface area contributed by atoms with Crippen molar-refractivity contribution in [3.8, 4) is 0 Å². The molecule has 1 heterocycles. The summed E-state index contributed by atoms with van der Waals surface area (Å²) in [7, 11) is 0. The number of carbonyl (C=O) groups excluding carboxylic acids is 1. The molecule has 1 aliphatic heterocycles. The number of aryl methyl sites for hydroxylation is 1. The second-order valence-electron chi connectivity index (χ2n) is 5.80. The maximum atomic E-state index is 12.2. The molecule has 0 aromatic heterocycles. The van der Waals surface area contributed by atoms with Crippen LogP contribution in [-0.2, 0) is 9.53 Å². The summed E-state index contributed by atoms with van der Waals surface area (Å²) in [5.74, 6) is 0.00836. The van der Waals surface area contributed by atoms with Gasteiger partial charge in [0.15, 0.2) is 0 Å². The Bertz CT molecular complexity index is 502. The number of nitrogens with one attached hydrogen (secondary N) is 1. The van der Waals surface area contributed by atoms with Crippen LogP contribution in [0.4, 0.5) is 5.69 Å². The highest BCUT2D eigenvalue weighted by atomic mass is 16.5. The Labute approximate surface area is 126 Å². The Morgan fingerprint density at radius 2 is 2.29 bits per heavy atom. The highest BCUT2D eigenvalue weighted by Crippen LogP contribution is 2.18. The van der Waals surface area contributed by atoms with E-state index in [2.05, 4.69) is 10.2 Å². The Kier molecular flexibility index (Phi) is 5.33. The number of rotatable bonds is 4.